The van der Waals surface area contributed by atoms with Crippen molar-refractivity contribution in [2.24, 2.45) is 0 Å². The van der Waals surface area contributed by atoms with Crippen molar-refractivity contribution in [3.05, 3.63) is 223 Å². The van der Waals surface area contributed by atoms with Crippen LogP contribution in [0.4, 0.5) is 0 Å². The molecule has 0 saturated carbocycles. The Morgan fingerprint density at radius 1 is 0.286 bits per heavy atom. The predicted molar refractivity (Wildman–Crippen MR) is 268 cm³/mol. The van der Waals surface area contributed by atoms with Gasteiger partial charge in [-0.2, -0.15) is 0 Å². The third-order valence-corrected chi connectivity index (χ3v) is 13.8. The first kappa shape index (κ1) is 37.1. The zero-order valence-corrected chi connectivity index (χ0v) is 35.6. The van der Waals surface area contributed by atoms with Gasteiger partial charge in [-0.15, -0.1) is 0 Å². The van der Waals surface area contributed by atoms with Gasteiger partial charge < -0.3 is 4.74 Å². The van der Waals surface area contributed by atoms with Crippen LogP contribution in [0.1, 0.15) is 25.0 Å². The molecule has 0 saturated heterocycles. The normalized spacial score (nSPS) is 12.8. The second-order valence-electron chi connectivity index (χ2n) is 17.5. The Kier molecular flexibility index (Phi) is 8.49. The van der Waals surface area contributed by atoms with E-state index in [2.05, 4.69) is 226 Å². The fourth-order valence-electron chi connectivity index (χ4n) is 10.8. The van der Waals surface area contributed by atoms with E-state index in [4.69, 9.17) is 4.74 Å². The Bertz CT molecular complexity index is 3480. The minimum atomic E-state index is -0.225. The van der Waals surface area contributed by atoms with E-state index in [-0.39, 0.29) is 5.41 Å². The molecule has 1 nitrogen and oxygen atoms in total. The molecule has 0 atom stereocenters. The van der Waals surface area contributed by atoms with Gasteiger partial charge in [-0.1, -0.05) is 202 Å². The van der Waals surface area contributed by atoms with Gasteiger partial charge in [0.05, 0.1) is 7.11 Å². The van der Waals surface area contributed by atoms with Crippen LogP contribution in [-0.4, -0.2) is 7.11 Å². The van der Waals surface area contributed by atoms with Crippen molar-refractivity contribution in [3.8, 4) is 72.5 Å². The lowest BCUT2D eigenvalue weighted by Crippen LogP contribution is -2.15. The van der Waals surface area contributed by atoms with E-state index in [1.165, 1.54) is 121 Å². The van der Waals surface area contributed by atoms with Crippen molar-refractivity contribution in [2.75, 3.05) is 7.11 Å². The molecule has 1 aliphatic rings. The lowest BCUT2D eigenvalue weighted by atomic mass is 9.79. The summed E-state index contributed by atoms with van der Waals surface area (Å²) in [5.41, 5.74) is 17.6. The molecule has 0 heterocycles. The molecule has 0 aromatic heterocycles. The van der Waals surface area contributed by atoms with E-state index in [0.29, 0.717) is 0 Å². The molecule has 63 heavy (non-hydrogen) atoms. The zero-order valence-electron chi connectivity index (χ0n) is 35.6. The van der Waals surface area contributed by atoms with E-state index in [1.54, 1.807) is 7.11 Å². The van der Waals surface area contributed by atoms with Crippen molar-refractivity contribution in [3.63, 3.8) is 0 Å². The summed E-state index contributed by atoms with van der Waals surface area (Å²) in [5.74, 6) is 0.860. The molecule has 0 bridgehead atoms. The molecule has 11 aromatic carbocycles. The second kappa shape index (κ2) is 14.4. The van der Waals surface area contributed by atoms with Gasteiger partial charge in [0.15, 0.2) is 0 Å². The Balaban J connectivity index is 0.997. The van der Waals surface area contributed by atoms with Crippen LogP contribution >= 0.6 is 0 Å². The summed E-state index contributed by atoms with van der Waals surface area (Å²) in [6, 6.07) is 78.5. The quantitative estimate of drug-likeness (QED) is 0.152. The fraction of sp³-hybridized carbons (Fsp3) is 0.0645. The van der Waals surface area contributed by atoms with Crippen molar-refractivity contribution < 1.29 is 4.74 Å². The van der Waals surface area contributed by atoms with Crippen molar-refractivity contribution in [1.29, 1.82) is 0 Å². The second-order valence-corrected chi connectivity index (χ2v) is 17.5. The zero-order chi connectivity index (χ0) is 42.2. The van der Waals surface area contributed by atoms with Gasteiger partial charge in [-0.3, -0.25) is 0 Å². The number of fused-ring (bicyclic) bond motifs is 7. The average molecular weight is 805 g/mol. The van der Waals surface area contributed by atoms with E-state index >= 15 is 0 Å². The van der Waals surface area contributed by atoms with Crippen molar-refractivity contribution >= 4 is 43.1 Å². The molecule has 1 aliphatic carbocycles. The highest BCUT2D eigenvalue weighted by atomic mass is 16.5. The van der Waals surface area contributed by atoms with E-state index < -0.39 is 0 Å². The molecule has 0 N–H and O–H groups in total. The minimum Gasteiger partial charge on any atom is -0.497 e. The van der Waals surface area contributed by atoms with Crippen LogP contribution in [-0.2, 0) is 5.41 Å². The molecule has 0 spiro atoms. The largest absolute Gasteiger partial charge is 0.497 e. The van der Waals surface area contributed by atoms with Crippen LogP contribution in [0.5, 0.6) is 5.75 Å². The van der Waals surface area contributed by atoms with Gasteiger partial charge >= 0.3 is 0 Å². The van der Waals surface area contributed by atoms with Crippen LogP contribution in [0.25, 0.3) is 110 Å². The van der Waals surface area contributed by atoms with Crippen LogP contribution < -0.4 is 4.74 Å². The van der Waals surface area contributed by atoms with Crippen LogP contribution in [0.15, 0.2) is 212 Å². The van der Waals surface area contributed by atoms with Gasteiger partial charge in [-0.25, -0.2) is 0 Å². The van der Waals surface area contributed by atoms with Crippen LogP contribution in [0, 0.1) is 0 Å². The van der Waals surface area contributed by atoms with E-state index in [1.807, 2.05) is 0 Å². The van der Waals surface area contributed by atoms with Crippen molar-refractivity contribution in [2.45, 2.75) is 19.3 Å². The summed E-state index contributed by atoms with van der Waals surface area (Å²) in [6.07, 6.45) is 0. The van der Waals surface area contributed by atoms with Gasteiger partial charge in [0.1, 0.15) is 5.75 Å². The highest BCUT2D eigenvalue weighted by Gasteiger charge is 2.36. The van der Waals surface area contributed by atoms with Gasteiger partial charge in [0, 0.05) is 5.41 Å². The molecule has 0 radical (unpaired) electrons. The topological polar surface area (TPSA) is 9.23 Å². The molecule has 298 valence electrons. The molecule has 12 rings (SSSR count). The Morgan fingerprint density at radius 3 is 0.937 bits per heavy atom. The maximum Gasteiger partial charge on any atom is 0.118 e. The Hall–Kier alpha value is -7.74. The average Bonchev–Trinajstić information content (AvgIpc) is 3.57. The summed E-state index contributed by atoms with van der Waals surface area (Å²) in [7, 11) is 1.72. The fourth-order valence-corrected chi connectivity index (χ4v) is 10.8. The standard InChI is InChI=1S/C62H44O/c1-62(2)56-37-43(60-52-21-11-7-17-48(52)58(49-18-8-12-22-53(49)60)41-27-25-40(26-28-41)39-15-5-4-6-16-39)31-35-46(56)47-36-32-44(38-57(47)62)61-54-23-13-9-19-50(54)59(51-20-10-14-24-55(51)61)42-29-33-45(63-3)34-30-42/h4-38H,1-3H3. The molecule has 1 heteroatoms. The van der Waals surface area contributed by atoms with E-state index in [9.17, 15) is 0 Å². The van der Waals surface area contributed by atoms with Gasteiger partial charge in [0.2, 0.25) is 0 Å². The maximum absolute atomic E-state index is 5.53. The smallest absolute Gasteiger partial charge is 0.118 e. The highest BCUT2D eigenvalue weighted by Crippen LogP contribution is 2.53. The molecule has 0 fully saturated rings. The maximum atomic E-state index is 5.53. The molecule has 0 amide bonds. The summed E-state index contributed by atoms with van der Waals surface area (Å²) < 4.78 is 5.53. The SMILES string of the molecule is COc1ccc(-c2c3ccccc3c(-c3ccc4c(c3)C(C)(C)c3cc(-c5c6ccccc6c(-c6ccc(-c7ccccc7)cc6)c6ccccc56)ccc3-4)c3ccccc23)cc1. The molecule has 0 unspecified atom stereocenters. The first-order chi connectivity index (χ1) is 31.0. The number of hydrogen-bond donors (Lipinski definition) is 0. The van der Waals surface area contributed by atoms with E-state index in [0.717, 1.165) is 5.75 Å². The van der Waals surface area contributed by atoms with Crippen LogP contribution in [0.3, 0.4) is 0 Å². The molecular formula is C62H44O. The predicted octanol–water partition coefficient (Wildman–Crippen LogP) is 16.9. The first-order valence-corrected chi connectivity index (χ1v) is 22.0. The summed E-state index contributed by atoms with van der Waals surface area (Å²) in [5, 5.41) is 10.1. The van der Waals surface area contributed by atoms with Gasteiger partial charge in [0.25, 0.3) is 0 Å². The summed E-state index contributed by atoms with van der Waals surface area (Å²) in [6.45, 7) is 4.82. The minimum absolute atomic E-state index is 0.225. The monoisotopic (exact) mass is 804 g/mol. The number of methoxy groups -OCH3 is 1. The molecular weight excluding hydrogens is 761 g/mol. The van der Waals surface area contributed by atoms with Gasteiger partial charge in [-0.05, 0) is 145 Å². The summed E-state index contributed by atoms with van der Waals surface area (Å²) in [4.78, 5) is 0. The van der Waals surface area contributed by atoms with Crippen molar-refractivity contribution in [1.82, 2.24) is 0 Å². The summed E-state index contributed by atoms with van der Waals surface area (Å²) >= 11 is 0. The Morgan fingerprint density at radius 2 is 0.571 bits per heavy atom. The molecule has 0 aliphatic heterocycles. The lowest BCUT2D eigenvalue weighted by Gasteiger charge is -2.24. The van der Waals surface area contributed by atoms with Crippen LogP contribution in [0.2, 0.25) is 0 Å². The number of benzene rings is 11. The first-order valence-electron chi connectivity index (χ1n) is 22.0. The third kappa shape index (κ3) is 5.77. The number of hydrogen-bond acceptors (Lipinski definition) is 1. The lowest BCUT2D eigenvalue weighted by molar-refractivity contribution is 0.415. The number of rotatable bonds is 6. The number of ether oxygens (including phenoxy) is 1. The molecule has 11 aromatic rings. The third-order valence-electron chi connectivity index (χ3n) is 13.8. The Labute approximate surface area is 368 Å². The highest BCUT2D eigenvalue weighted by molar-refractivity contribution is 6.23.